The molecule has 108 valence electrons. The van der Waals surface area contributed by atoms with Gasteiger partial charge < -0.3 is 9.73 Å². The van der Waals surface area contributed by atoms with Crippen LogP contribution in [0.4, 0.5) is 13.2 Å². The van der Waals surface area contributed by atoms with E-state index < -0.39 is 17.8 Å². The van der Waals surface area contributed by atoms with Gasteiger partial charge in [0.15, 0.2) is 0 Å². The molecule has 2 nitrogen and oxygen atoms in total. The molecule has 0 saturated heterocycles. The van der Waals surface area contributed by atoms with Gasteiger partial charge in [0, 0.05) is 4.47 Å². The van der Waals surface area contributed by atoms with Crippen molar-refractivity contribution >= 4 is 15.9 Å². The number of halogens is 4. The van der Waals surface area contributed by atoms with E-state index in [1.807, 2.05) is 6.92 Å². The van der Waals surface area contributed by atoms with Crippen LogP contribution >= 0.6 is 15.9 Å². The van der Waals surface area contributed by atoms with E-state index in [2.05, 4.69) is 21.2 Å². The number of alkyl halides is 3. The van der Waals surface area contributed by atoms with E-state index in [0.29, 0.717) is 16.8 Å². The van der Waals surface area contributed by atoms with E-state index in [1.165, 1.54) is 12.3 Å². The lowest BCUT2D eigenvalue weighted by Gasteiger charge is -2.21. The Morgan fingerprint density at radius 3 is 2.60 bits per heavy atom. The van der Waals surface area contributed by atoms with Crippen LogP contribution in [0.1, 0.15) is 29.9 Å². The normalized spacial score (nSPS) is 13.4. The van der Waals surface area contributed by atoms with Crippen molar-refractivity contribution in [1.82, 2.24) is 5.32 Å². The summed E-state index contributed by atoms with van der Waals surface area (Å²) in [6, 6.07) is 6.84. The lowest BCUT2D eigenvalue weighted by molar-refractivity contribution is -0.138. The van der Waals surface area contributed by atoms with Crippen molar-refractivity contribution in [2.24, 2.45) is 0 Å². The van der Waals surface area contributed by atoms with Crippen LogP contribution in [0, 0.1) is 0 Å². The van der Waals surface area contributed by atoms with E-state index in [4.69, 9.17) is 4.42 Å². The molecule has 1 N–H and O–H groups in total. The van der Waals surface area contributed by atoms with Crippen LogP contribution in [0.15, 0.2) is 45.5 Å². The Hall–Kier alpha value is -1.27. The fourth-order valence-electron chi connectivity index (χ4n) is 2.05. The molecule has 0 aliphatic carbocycles. The Bertz CT molecular complexity index is 566. The van der Waals surface area contributed by atoms with Crippen LogP contribution in [-0.2, 0) is 6.18 Å². The first kappa shape index (κ1) is 15.1. The topological polar surface area (TPSA) is 25.2 Å². The Labute approximate surface area is 123 Å². The molecule has 0 fully saturated rings. The zero-order chi connectivity index (χ0) is 14.8. The minimum absolute atomic E-state index is 0.150. The molecule has 0 aliphatic rings. The second kappa shape index (κ2) is 6.01. The molecular formula is C14H13BrF3NO. The van der Waals surface area contributed by atoms with E-state index in [9.17, 15) is 13.2 Å². The van der Waals surface area contributed by atoms with Crippen LogP contribution in [0.5, 0.6) is 0 Å². The van der Waals surface area contributed by atoms with Gasteiger partial charge in [0.2, 0.25) is 0 Å². The Kier molecular flexibility index (Phi) is 4.55. The van der Waals surface area contributed by atoms with Crippen molar-refractivity contribution in [2.45, 2.75) is 19.1 Å². The molecule has 0 amide bonds. The summed E-state index contributed by atoms with van der Waals surface area (Å²) < 4.78 is 45.2. The highest BCUT2D eigenvalue weighted by atomic mass is 79.9. The monoisotopic (exact) mass is 347 g/mol. The first-order valence-corrected chi connectivity index (χ1v) is 6.86. The minimum Gasteiger partial charge on any atom is -0.467 e. The lowest BCUT2D eigenvalue weighted by Crippen LogP contribution is -2.24. The van der Waals surface area contributed by atoms with Crippen molar-refractivity contribution in [2.75, 3.05) is 6.54 Å². The van der Waals surface area contributed by atoms with Gasteiger partial charge in [0.25, 0.3) is 0 Å². The summed E-state index contributed by atoms with van der Waals surface area (Å²) in [7, 11) is 0. The highest BCUT2D eigenvalue weighted by molar-refractivity contribution is 9.10. The molecule has 6 heteroatoms. The fraction of sp³-hybridized carbons (Fsp3) is 0.286. The van der Waals surface area contributed by atoms with Crippen LogP contribution in [-0.4, -0.2) is 6.54 Å². The van der Waals surface area contributed by atoms with Gasteiger partial charge in [-0.15, -0.1) is 0 Å². The summed E-state index contributed by atoms with van der Waals surface area (Å²) in [6.45, 7) is 2.36. The molecule has 1 atom stereocenters. The molecule has 1 heterocycles. The van der Waals surface area contributed by atoms with Crippen molar-refractivity contribution in [3.63, 3.8) is 0 Å². The standard InChI is InChI=1S/C14H13BrF3NO/c1-2-19-13(12-4-3-7-20-12)10-6-5-9(15)8-11(10)14(16,17)18/h3-8,13,19H,2H2,1H3. The van der Waals surface area contributed by atoms with Crippen molar-refractivity contribution < 1.29 is 17.6 Å². The van der Waals surface area contributed by atoms with Gasteiger partial charge in [-0.3, -0.25) is 0 Å². The van der Waals surface area contributed by atoms with Crippen molar-refractivity contribution in [3.05, 3.63) is 58.0 Å². The third kappa shape index (κ3) is 3.24. The second-order valence-corrected chi connectivity index (χ2v) is 5.15. The molecule has 0 radical (unpaired) electrons. The van der Waals surface area contributed by atoms with Gasteiger partial charge in [0.1, 0.15) is 5.76 Å². The summed E-state index contributed by atoms with van der Waals surface area (Å²) in [6.07, 6.45) is -2.97. The van der Waals surface area contributed by atoms with E-state index in [-0.39, 0.29) is 5.56 Å². The summed E-state index contributed by atoms with van der Waals surface area (Å²) >= 11 is 3.08. The Morgan fingerprint density at radius 1 is 1.30 bits per heavy atom. The molecular weight excluding hydrogens is 335 g/mol. The molecule has 2 rings (SSSR count). The quantitative estimate of drug-likeness (QED) is 0.862. The predicted molar refractivity (Wildman–Crippen MR) is 73.4 cm³/mol. The van der Waals surface area contributed by atoms with Crippen LogP contribution < -0.4 is 5.32 Å². The van der Waals surface area contributed by atoms with Gasteiger partial charge in [-0.05, 0) is 36.4 Å². The first-order valence-electron chi connectivity index (χ1n) is 6.07. The SMILES string of the molecule is CCNC(c1ccco1)c1ccc(Br)cc1C(F)(F)F. The summed E-state index contributed by atoms with van der Waals surface area (Å²) in [5, 5.41) is 3.02. The summed E-state index contributed by atoms with van der Waals surface area (Å²) in [5.41, 5.74) is -0.522. The van der Waals surface area contributed by atoms with Crippen LogP contribution in [0.3, 0.4) is 0 Å². The third-order valence-corrected chi connectivity index (χ3v) is 3.36. The van der Waals surface area contributed by atoms with E-state index in [1.54, 1.807) is 18.2 Å². The second-order valence-electron chi connectivity index (χ2n) is 4.24. The van der Waals surface area contributed by atoms with Gasteiger partial charge in [0.05, 0.1) is 17.9 Å². The Morgan fingerprint density at radius 2 is 2.05 bits per heavy atom. The van der Waals surface area contributed by atoms with Crippen LogP contribution in [0.2, 0.25) is 0 Å². The highest BCUT2D eigenvalue weighted by Crippen LogP contribution is 2.38. The first-order chi connectivity index (χ1) is 9.43. The maximum Gasteiger partial charge on any atom is 0.416 e. The zero-order valence-electron chi connectivity index (χ0n) is 10.7. The zero-order valence-corrected chi connectivity index (χ0v) is 12.3. The maximum atomic E-state index is 13.2. The lowest BCUT2D eigenvalue weighted by atomic mass is 9.98. The molecule has 2 aromatic rings. The molecule has 1 aromatic heterocycles. The van der Waals surface area contributed by atoms with Crippen LogP contribution in [0.25, 0.3) is 0 Å². The fourth-order valence-corrected chi connectivity index (χ4v) is 2.41. The molecule has 1 aromatic carbocycles. The number of rotatable bonds is 4. The maximum absolute atomic E-state index is 13.2. The largest absolute Gasteiger partial charge is 0.467 e. The van der Waals surface area contributed by atoms with Gasteiger partial charge in [-0.1, -0.05) is 28.9 Å². The number of nitrogens with one attached hydrogen (secondary N) is 1. The summed E-state index contributed by atoms with van der Waals surface area (Å²) in [5.74, 6) is 0.458. The van der Waals surface area contributed by atoms with E-state index in [0.717, 1.165) is 6.07 Å². The molecule has 0 spiro atoms. The molecule has 0 bridgehead atoms. The number of hydrogen-bond donors (Lipinski definition) is 1. The molecule has 0 saturated carbocycles. The van der Waals surface area contributed by atoms with Gasteiger partial charge in [-0.2, -0.15) is 13.2 Å². The third-order valence-electron chi connectivity index (χ3n) is 2.87. The van der Waals surface area contributed by atoms with Crippen molar-refractivity contribution in [3.8, 4) is 0 Å². The average Bonchev–Trinajstić information content (AvgIpc) is 2.89. The van der Waals surface area contributed by atoms with Gasteiger partial charge in [-0.25, -0.2) is 0 Å². The highest BCUT2D eigenvalue weighted by Gasteiger charge is 2.36. The average molecular weight is 348 g/mol. The predicted octanol–water partition coefficient (Wildman–Crippen LogP) is 4.76. The van der Waals surface area contributed by atoms with Gasteiger partial charge >= 0.3 is 6.18 Å². The Balaban J connectivity index is 2.54. The number of hydrogen-bond acceptors (Lipinski definition) is 2. The molecule has 0 aliphatic heterocycles. The minimum atomic E-state index is -4.42. The van der Waals surface area contributed by atoms with Crippen molar-refractivity contribution in [1.29, 1.82) is 0 Å². The smallest absolute Gasteiger partial charge is 0.416 e. The number of benzene rings is 1. The van der Waals surface area contributed by atoms with E-state index >= 15 is 0 Å². The summed E-state index contributed by atoms with van der Waals surface area (Å²) in [4.78, 5) is 0. The molecule has 20 heavy (non-hydrogen) atoms. The number of furan rings is 1. The molecule has 1 unspecified atom stereocenters.